The van der Waals surface area contributed by atoms with E-state index in [1.807, 2.05) is 18.2 Å². The third-order valence-corrected chi connectivity index (χ3v) is 6.87. The number of hydrogen-bond acceptors (Lipinski definition) is 7. The van der Waals surface area contributed by atoms with E-state index in [9.17, 15) is 19.2 Å². The number of para-hydroxylation sites is 1. The number of rotatable bonds is 9. The zero-order chi connectivity index (χ0) is 23.8. The van der Waals surface area contributed by atoms with Crippen LogP contribution in [0.3, 0.4) is 0 Å². The molecule has 0 bridgehead atoms. The normalized spacial score (nSPS) is 15.4. The first-order valence-electron chi connectivity index (χ1n) is 11.3. The summed E-state index contributed by atoms with van der Waals surface area (Å²) >= 11 is 1.14. The molecule has 0 aliphatic heterocycles. The Morgan fingerprint density at radius 3 is 2.50 bits per heavy atom. The Morgan fingerprint density at radius 2 is 1.85 bits per heavy atom. The topological polar surface area (TPSA) is 144 Å². The maximum absolute atomic E-state index is 13.2. The molecule has 2 heterocycles. The van der Waals surface area contributed by atoms with E-state index < -0.39 is 17.2 Å². The summed E-state index contributed by atoms with van der Waals surface area (Å²) in [5, 5.41) is 0.621. The number of nitrogens with zero attached hydrogens (tertiary/aromatic N) is 4. The van der Waals surface area contributed by atoms with E-state index in [4.69, 9.17) is 5.73 Å². The van der Waals surface area contributed by atoms with Crippen molar-refractivity contribution in [2.24, 2.45) is 5.73 Å². The molecule has 3 aromatic rings. The lowest BCUT2D eigenvalue weighted by Crippen LogP contribution is -2.35. The average Bonchev–Trinajstić information content (AvgIpc) is 3.71. The number of aromatic amines is 1. The van der Waals surface area contributed by atoms with Gasteiger partial charge in [0.25, 0.3) is 5.56 Å². The fraction of sp³-hybridized carbons (Fsp3) is 0.391. The Balaban J connectivity index is 1.49. The number of hydrogen-bond donors (Lipinski definition) is 2. The molecule has 2 saturated carbocycles. The molecule has 2 aromatic heterocycles. The minimum absolute atomic E-state index is 0.00806. The van der Waals surface area contributed by atoms with Crippen molar-refractivity contribution in [3.63, 3.8) is 0 Å². The lowest BCUT2D eigenvalue weighted by Gasteiger charge is -2.22. The molecule has 176 valence electrons. The largest absolute Gasteiger partial charge is 0.370 e. The smallest absolute Gasteiger partial charge is 0.330 e. The van der Waals surface area contributed by atoms with Gasteiger partial charge in [-0.2, -0.15) is 0 Å². The number of anilines is 1. The first-order valence-corrected chi connectivity index (χ1v) is 12.2. The number of nitrogens with two attached hydrogens (primary N) is 1. The maximum Gasteiger partial charge on any atom is 0.330 e. The minimum atomic E-state index is -0.553. The fourth-order valence-electron chi connectivity index (χ4n) is 3.87. The molecular weight excluding hydrogens is 456 g/mol. The van der Waals surface area contributed by atoms with Gasteiger partial charge in [0.1, 0.15) is 16.2 Å². The van der Waals surface area contributed by atoms with Gasteiger partial charge in [-0.1, -0.05) is 30.0 Å². The lowest BCUT2D eigenvalue weighted by molar-refractivity contribution is -0.118. The monoisotopic (exact) mass is 480 g/mol. The zero-order valence-corrected chi connectivity index (χ0v) is 19.2. The van der Waals surface area contributed by atoms with E-state index in [1.54, 1.807) is 16.7 Å². The van der Waals surface area contributed by atoms with Gasteiger partial charge in [-0.15, -0.1) is 0 Å². The average molecular weight is 481 g/mol. The number of amides is 2. The standard InChI is InChI=1S/C23H24N6O4S/c24-16(30)10-11-28(14-4-2-1-3-5-14)17(31)12-34-22-18-20(25-19(26-22)13-6-7-13)29(15-8-9-15)23(33)27-21(18)32/h1-5,13,15H,6-12H2,(H2,24,30)(H,27,32,33). The molecule has 3 N–H and O–H groups in total. The highest BCUT2D eigenvalue weighted by Gasteiger charge is 2.32. The Hall–Kier alpha value is -3.47. The highest BCUT2D eigenvalue weighted by Crippen LogP contribution is 2.40. The maximum atomic E-state index is 13.2. The van der Waals surface area contributed by atoms with E-state index in [1.165, 1.54) is 4.90 Å². The molecule has 0 unspecified atom stereocenters. The zero-order valence-electron chi connectivity index (χ0n) is 18.4. The summed E-state index contributed by atoms with van der Waals surface area (Å²) in [6.45, 7) is 0.151. The van der Waals surface area contributed by atoms with Crippen LogP contribution in [0.15, 0.2) is 44.9 Å². The highest BCUT2D eigenvalue weighted by atomic mass is 32.2. The van der Waals surface area contributed by atoms with Gasteiger partial charge < -0.3 is 10.6 Å². The van der Waals surface area contributed by atoms with Crippen LogP contribution in [0.2, 0.25) is 0 Å². The van der Waals surface area contributed by atoms with Crippen LogP contribution in [0.1, 0.15) is 49.9 Å². The van der Waals surface area contributed by atoms with E-state index >= 15 is 0 Å². The Labute approximate surface area is 198 Å². The molecule has 2 fully saturated rings. The lowest BCUT2D eigenvalue weighted by atomic mass is 10.2. The molecule has 11 heteroatoms. The third-order valence-electron chi connectivity index (χ3n) is 5.91. The fourth-order valence-corrected chi connectivity index (χ4v) is 4.77. The van der Waals surface area contributed by atoms with Crippen LogP contribution in [0, 0.1) is 0 Å². The number of thioether (sulfide) groups is 1. The van der Waals surface area contributed by atoms with Crippen LogP contribution in [0.25, 0.3) is 11.0 Å². The second-order valence-electron chi connectivity index (χ2n) is 8.61. The summed E-state index contributed by atoms with van der Waals surface area (Å²) < 4.78 is 1.55. The predicted octanol–water partition coefficient (Wildman–Crippen LogP) is 1.69. The summed E-state index contributed by atoms with van der Waals surface area (Å²) in [6.07, 6.45) is 3.66. The van der Waals surface area contributed by atoms with Crippen LogP contribution in [-0.2, 0) is 9.59 Å². The van der Waals surface area contributed by atoms with E-state index in [2.05, 4.69) is 15.0 Å². The number of primary amides is 1. The van der Waals surface area contributed by atoms with Gasteiger partial charge >= 0.3 is 5.69 Å². The van der Waals surface area contributed by atoms with Crippen molar-refractivity contribution in [1.29, 1.82) is 0 Å². The Morgan fingerprint density at radius 1 is 1.12 bits per heavy atom. The first kappa shape index (κ1) is 22.3. The number of H-pyrrole nitrogens is 1. The van der Waals surface area contributed by atoms with E-state index in [0.717, 1.165) is 37.4 Å². The van der Waals surface area contributed by atoms with Gasteiger partial charge in [0.15, 0.2) is 5.65 Å². The summed E-state index contributed by atoms with van der Waals surface area (Å²) in [7, 11) is 0. The van der Waals surface area contributed by atoms with Gasteiger partial charge in [0.05, 0.1) is 5.75 Å². The summed E-state index contributed by atoms with van der Waals surface area (Å²) in [5.41, 5.74) is 5.29. The number of benzene rings is 1. The first-order chi connectivity index (χ1) is 16.4. The van der Waals surface area contributed by atoms with Crippen molar-refractivity contribution in [3.05, 3.63) is 57.0 Å². The molecule has 2 aliphatic carbocycles. The molecule has 5 rings (SSSR count). The summed E-state index contributed by atoms with van der Waals surface area (Å²) in [6, 6.07) is 9.05. The van der Waals surface area contributed by atoms with Gasteiger partial charge in [0.2, 0.25) is 11.8 Å². The number of fused-ring (bicyclic) bond motifs is 1. The van der Waals surface area contributed by atoms with Crippen LogP contribution < -0.4 is 21.9 Å². The van der Waals surface area contributed by atoms with Crippen molar-refractivity contribution in [2.75, 3.05) is 17.2 Å². The van der Waals surface area contributed by atoms with Crippen LogP contribution in [0.4, 0.5) is 5.69 Å². The van der Waals surface area contributed by atoms with Crippen LogP contribution >= 0.6 is 11.8 Å². The predicted molar refractivity (Wildman–Crippen MR) is 128 cm³/mol. The molecule has 34 heavy (non-hydrogen) atoms. The van der Waals surface area contributed by atoms with Gasteiger partial charge in [0, 0.05) is 30.6 Å². The molecular formula is C23H24N6O4S. The van der Waals surface area contributed by atoms with Crippen molar-refractivity contribution >= 4 is 40.3 Å². The van der Waals surface area contributed by atoms with Crippen molar-refractivity contribution < 1.29 is 9.59 Å². The molecule has 0 atom stereocenters. The number of nitrogens with one attached hydrogen (secondary N) is 1. The van der Waals surface area contributed by atoms with Crippen LogP contribution in [0.5, 0.6) is 0 Å². The van der Waals surface area contributed by atoms with Gasteiger partial charge in [-0.05, 0) is 37.8 Å². The molecule has 0 radical (unpaired) electrons. The number of carbonyl (C=O) groups is 2. The summed E-state index contributed by atoms with van der Waals surface area (Å²) in [5.74, 6) is 0.0608. The molecule has 0 spiro atoms. The SMILES string of the molecule is NC(=O)CCN(C(=O)CSc1nc(C2CC2)nc2c1c(=O)[nH]c(=O)n2C1CC1)c1ccccc1. The highest BCUT2D eigenvalue weighted by molar-refractivity contribution is 8.00. The van der Waals surface area contributed by atoms with Gasteiger partial charge in [-0.3, -0.25) is 23.9 Å². The molecule has 10 nitrogen and oxygen atoms in total. The van der Waals surface area contributed by atoms with Crippen molar-refractivity contribution in [1.82, 2.24) is 19.5 Å². The Bertz CT molecular complexity index is 1380. The Kier molecular flexibility index (Phi) is 5.94. The molecule has 1 aromatic carbocycles. The molecule has 2 amide bonds. The number of aromatic nitrogens is 4. The second-order valence-corrected chi connectivity index (χ2v) is 9.57. The van der Waals surface area contributed by atoms with Crippen molar-refractivity contribution in [3.8, 4) is 0 Å². The molecule has 0 saturated heterocycles. The van der Waals surface area contributed by atoms with E-state index in [0.29, 0.717) is 22.2 Å². The van der Waals surface area contributed by atoms with Gasteiger partial charge in [-0.25, -0.2) is 14.8 Å². The second kappa shape index (κ2) is 9.05. The van der Waals surface area contributed by atoms with Crippen LogP contribution in [-0.4, -0.2) is 43.6 Å². The minimum Gasteiger partial charge on any atom is -0.370 e. The molecule has 2 aliphatic rings. The van der Waals surface area contributed by atoms with Crippen molar-refractivity contribution in [2.45, 2.75) is 49.1 Å². The quantitative estimate of drug-likeness (QED) is 0.350. The third kappa shape index (κ3) is 4.60. The van der Waals surface area contributed by atoms with E-state index in [-0.39, 0.29) is 42.0 Å². The summed E-state index contributed by atoms with van der Waals surface area (Å²) in [4.78, 5) is 63.0. The number of carbonyl (C=O) groups excluding carboxylic acids is 2.